The van der Waals surface area contributed by atoms with Crippen LogP contribution >= 0.6 is 27.3 Å². The molecule has 0 saturated carbocycles. The first-order valence-electron chi connectivity index (χ1n) is 7.69. The summed E-state index contributed by atoms with van der Waals surface area (Å²) in [6.45, 7) is 2.00. The first-order chi connectivity index (χ1) is 11.3. The van der Waals surface area contributed by atoms with E-state index in [-0.39, 0.29) is 0 Å². The van der Waals surface area contributed by atoms with Crippen LogP contribution in [0.5, 0.6) is 0 Å². The van der Waals surface area contributed by atoms with E-state index in [0.717, 1.165) is 45.9 Å². The van der Waals surface area contributed by atoms with Crippen molar-refractivity contribution in [1.29, 1.82) is 0 Å². The zero-order valence-corrected chi connectivity index (χ0v) is 14.9. The molecule has 0 aromatic carbocycles. The van der Waals surface area contributed by atoms with Crippen LogP contribution in [0, 0.1) is 0 Å². The Morgan fingerprint density at radius 2 is 2.30 bits per heavy atom. The van der Waals surface area contributed by atoms with Crippen LogP contribution in [0.15, 0.2) is 22.2 Å². The number of nitrogens with two attached hydrogens (primary N) is 1. The molecule has 4 rings (SSSR count). The fourth-order valence-electron chi connectivity index (χ4n) is 3.04. The number of aromatic nitrogens is 4. The number of nitrogens with one attached hydrogen (secondary N) is 1. The molecule has 1 atom stereocenters. The number of halogens is 1. The Morgan fingerprint density at radius 3 is 3.13 bits per heavy atom. The van der Waals surface area contributed by atoms with Crippen LogP contribution in [0.3, 0.4) is 0 Å². The molecule has 1 aliphatic heterocycles. The Balaban J connectivity index is 1.87. The molecule has 4 heterocycles. The molecule has 0 aliphatic carbocycles. The molecule has 3 aromatic heterocycles. The van der Waals surface area contributed by atoms with Crippen LogP contribution in [-0.2, 0) is 0 Å². The molecular formula is C15H17BrN6S. The van der Waals surface area contributed by atoms with Crippen molar-refractivity contribution in [2.24, 2.45) is 0 Å². The van der Waals surface area contributed by atoms with E-state index in [1.165, 1.54) is 12.8 Å². The highest BCUT2D eigenvalue weighted by Gasteiger charge is 2.23. The van der Waals surface area contributed by atoms with Gasteiger partial charge in [-0.1, -0.05) is 6.42 Å². The molecule has 6 nitrogen and oxygen atoms in total. The average Bonchev–Trinajstić information content (AvgIpc) is 3.14. The van der Waals surface area contributed by atoms with Crippen LogP contribution in [0.4, 0.5) is 5.82 Å². The van der Waals surface area contributed by atoms with Gasteiger partial charge < -0.3 is 11.1 Å². The quantitative estimate of drug-likeness (QED) is 0.700. The number of nitrogen functional groups attached to an aromatic ring is 1. The molecule has 0 bridgehead atoms. The van der Waals surface area contributed by atoms with Gasteiger partial charge in [-0.2, -0.15) is 9.61 Å². The molecule has 1 aliphatic rings. The Hall–Kier alpha value is -1.51. The molecule has 0 radical (unpaired) electrons. The number of fused-ring (bicyclic) bond motifs is 1. The molecule has 23 heavy (non-hydrogen) atoms. The van der Waals surface area contributed by atoms with E-state index in [4.69, 9.17) is 10.7 Å². The Bertz CT molecular complexity index is 820. The zero-order chi connectivity index (χ0) is 15.8. The second-order valence-electron chi connectivity index (χ2n) is 5.72. The second-order valence-corrected chi connectivity index (χ2v) is 7.41. The molecule has 1 fully saturated rings. The fraction of sp³-hybridized carbons (Fsp3) is 0.400. The first kappa shape index (κ1) is 15.0. The van der Waals surface area contributed by atoms with Gasteiger partial charge in [0.15, 0.2) is 5.65 Å². The summed E-state index contributed by atoms with van der Waals surface area (Å²) in [5.41, 5.74) is 9.03. The largest absolute Gasteiger partial charge is 0.383 e. The highest BCUT2D eigenvalue weighted by molar-refractivity contribution is 9.10. The summed E-state index contributed by atoms with van der Waals surface area (Å²) in [6.07, 6.45) is 7.12. The van der Waals surface area contributed by atoms with Crippen molar-refractivity contribution in [3.8, 4) is 10.6 Å². The molecule has 3 aromatic rings. The van der Waals surface area contributed by atoms with Gasteiger partial charge in [0.05, 0.1) is 21.9 Å². The first-order valence-corrected chi connectivity index (χ1v) is 9.36. The van der Waals surface area contributed by atoms with Crippen molar-refractivity contribution in [3.05, 3.63) is 27.9 Å². The van der Waals surface area contributed by atoms with E-state index in [2.05, 4.69) is 31.3 Å². The molecule has 1 unspecified atom stereocenters. The fourth-order valence-corrected chi connectivity index (χ4v) is 4.27. The van der Waals surface area contributed by atoms with E-state index in [1.807, 2.05) is 5.38 Å². The van der Waals surface area contributed by atoms with Gasteiger partial charge in [0.25, 0.3) is 0 Å². The van der Waals surface area contributed by atoms with Crippen LogP contribution in [0.25, 0.3) is 16.2 Å². The van der Waals surface area contributed by atoms with Crippen molar-refractivity contribution >= 4 is 38.7 Å². The topological polar surface area (TPSA) is 81.1 Å². The Morgan fingerprint density at radius 1 is 1.39 bits per heavy atom. The molecule has 0 spiro atoms. The summed E-state index contributed by atoms with van der Waals surface area (Å²) in [7, 11) is 0. The highest BCUT2D eigenvalue weighted by Crippen LogP contribution is 2.35. The van der Waals surface area contributed by atoms with Gasteiger partial charge in [-0.15, -0.1) is 11.3 Å². The zero-order valence-electron chi connectivity index (χ0n) is 12.5. The third kappa shape index (κ3) is 2.64. The maximum absolute atomic E-state index is 6.31. The lowest BCUT2D eigenvalue weighted by molar-refractivity contribution is 0.592. The molecular weight excluding hydrogens is 376 g/mol. The van der Waals surface area contributed by atoms with E-state index >= 15 is 0 Å². The van der Waals surface area contributed by atoms with E-state index in [0.29, 0.717) is 11.7 Å². The van der Waals surface area contributed by atoms with Gasteiger partial charge in [0.2, 0.25) is 0 Å². The van der Waals surface area contributed by atoms with Crippen molar-refractivity contribution in [1.82, 2.24) is 24.9 Å². The number of rotatable bonds is 2. The summed E-state index contributed by atoms with van der Waals surface area (Å²) in [6, 6.07) is 0. The molecule has 3 N–H and O–H groups in total. The van der Waals surface area contributed by atoms with E-state index < -0.39 is 0 Å². The highest BCUT2D eigenvalue weighted by atomic mass is 79.9. The summed E-state index contributed by atoms with van der Waals surface area (Å²) in [4.78, 5) is 9.30. The molecule has 0 amide bonds. The third-order valence-corrected chi connectivity index (χ3v) is 5.86. The number of anilines is 1. The van der Waals surface area contributed by atoms with Crippen LogP contribution in [0.1, 0.15) is 30.9 Å². The summed E-state index contributed by atoms with van der Waals surface area (Å²) >= 11 is 5.21. The second kappa shape index (κ2) is 6.18. The number of hydrogen-bond acceptors (Lipinski definition) is 6. The maximum atomic E-state index is 6.31. The summed E-state index contributed by atoms with van der Waals surface area (Å²) < 4.78 is 2.54. The number of hydrogen-bond donors (Lipinski definition) is 2. The molecule has 8 heteroatoms. The van der Waals surface area contributed by atoms with Gasteiger partial charge in [-0.25, -0.2) is 9.97 Å². The van der Waals surface area contributed by atoms with Crippen molar-refractivity contribution in [2.75, 3.05) is 18.8 Å². The minimum atomic E-state index is 0.359. The van der Waals surface area contributed by atoms with E-state index in [9.17, 15) is 0 Å². The van der Waals surface area contributed by atoms with Gasteiger partial charge in [0, 0.05) is 24.0 Å². The van der Waals surface area contributed by atoms with E-state index in [1.54, 1.807) is 28.2 Å². The monoisotopic (exact) mass is 392 g/mol. The normalized spacial score (nSPS) is 19.1. The SMILES string of the molecule is Nc1c(Br)c(C2CCCCNC2)nc2c(-c3nccs3)cnn12. The van der Waals surface area contributed by atoms with Gasteiger partial charge in [0.1, 0.15) is 10.8 Å². The van der Waals surface area contributed by atoms with Crippen molar-refractivity contribution < 1.29 is 0 Å². The smallest absolute Gasteiger partial charge is 0.167 e. The van der Waals surface area contributed by atoms with Gasteiger partial charge in [-0.3, -0.25) is 0 Å². The van der Waals surface area contributed by atoms with Crippen LogP contribution < -0.4 is 11.1 Å². The lowest BCUT2D eigenvalue weighted by Gasteiger charge is -2.17. The standard InChI is InChI=1S/C15H17BrN6S/c16-11-12(9-3-1-2-4-18-7-9)21-14-10(15-19-5-6-23-15)8-20-22(14)13(11)17/h5-6,8-9,18H,1-4,7,17H2. The minimum absolute atomic E-state index is 0.359. The summed E-state index contributed by atoms with van der Waals surface area (Å²) in [5, 5.41) is 10.8. The minimum Gasteiger partial charge on any atom is -0.383 e. The molecule has 1 saturated heterocycles. The Kier molecular flexibility index (Phi) is 4.04. The Labute approximate surface area is 146 Å². The number of nitrogens with zero attached hydrogens (tertiary/aromatic N) is 4. The van der Waals surface area contributed by atoms with Gasteiger partial charge in [-0.05, 0) is 35.3 Å². The van der Waals surface area contributed by atoms with Crippen molar-refractivity contribution in [2.45, 2.75) is 25.2 Å². The van der Waals surface area contributed by atoms with Gasteiger partial charge >= 0.3 is 0 Å². The third-order valence-electron chi connectivity index (χ3n) is 4.24. The average molecular weight is 393 g/mol. The summed E-state index contributed by atoms with van der Waals surface area (Å²) in [5.74, 6) is 0.954. The lowest BCUT2D eigenvalue weighted by atomic mass is 9.99. The predicted molar refractivity (Wildman–Crippen MR) is 95.7 cm³/mol. The van der Waals surface area contributed by atoms with Crippen molar-refractivity contribution in [3.63, 3.8) is 0 Å². The number of thiazole rings is 1. The van der Waals surface area contributed by atoms with Crippen LogP contribution in [-0.4, -0.2) is 32.7 Å². The van der Waals surface area contributed by atoms with Crippen LogP contribution in [0.2, 0.25) is 0 Å². The lowest BCUT2D eigenvalue weighted by Crippen LogP contribution is -2.21. The maximum Gasteiger partial charge on any atom is 0.167 e. The predicted octanol–water partition coefficient (Wildman–Crippen LogP) is 3.05. The molecule has 120 valence electrons.